The zero-order chi connectivity index (χ0) is 22.4. The van der Waals surface area contributed by atoms with E-state index in [4.69, 9.17) is 16.3 Å². The zero-order valence-corrected chi connectivity index (χ0v) is 17.9. The molecule has 0 radical (unpaired) electrons. The SMILES string of the molecule is COc1ccc(Cl)cc1N1C(=O)[C@H]2[C@H]3CCCN3[C@@]3(C(=O)Nc4ccc(F)cc43)[C@@H]2C1=O. The number of methoxy groups -OCH3 is 1. The normalized spacial score (nSPS) is 30.7. The van der Waals surface area contributed by atoms with E-state index >= 15 is 0 Å². The minimum absolute atomic E-state index is 0.252. The second-order valence-electron chi connectivity index (χ2n) is 8.64. The van der Waals surface area contributed by atoms with Gasteiger partial charge in [0.25, 0.3) is 0 Å². The van der Waals surface area contributed by atoms with Crippen molar-refractivity contribution < 1.29 is 23.5 Å². The van der Waals surface area contributed by atoms with Crippen LogP contribution in [0.2, 0.25) is 5.02 Å². The van der Waals surface area contributed by atoms with Crippen LogP contribution in [0.3, 0.4) is 0 Å². The fourth-order valence-electron chi connectivity index (χ4n) is 6.25. The molecule has 0 bridgehead atoms. The maximum absolute atomic E-state index is 14.3. The molecule has 2 aromatic carbocycles. The summed E-state index contributed by atoms with van der Waals surface area (Å²) in [6, 6.07) is 8.53. The van der Waals surface area contributed by atoms with Crippen LogP contribution >= 0.6 is 11.6 Å². The first-order valence-electron chi connectivity index (χ1n) is 10.5. The number of hydrogen-bond acceptors (Lipinski definition) is 5. The molecule has 4 aliphatic rings. The first-order valence-corrected chi connectivity index (χ1v) is 10.9. The van der Waals surface area contributed by atoms with E-state index < -0.39 is 35.0 Å². The molecule has 4 heterocycles. The van der Waals surface area contributed by atoms with Gasteiger partial charge in [0.1, 0.15) is 17.1 Å². The lowest BCUT2D eigenvalue weighted by Gasteiger charge is -2.36. The summed E-state index contributed by atoms with van der Waals surface area (Å²) >= 11 is 6.17. The predicted molar refractivity (Wildman–Crippen MR) is 114 cm³/mol. The third kappa shape index (κ3) is 2.21. The molecule has 32 heavy (non-hydrogen) atoms. The highest BCUT2D eigenvalue weighted by atomic mass is 35.5. The van der Waals surface area contributed by atoms with Gasteiger partial charge in [-0.15, -0.1) is 0 Å². The Morgan fingerprint density at radius 1 is 1.16 bits per heavy atom. The highest BCUT2D eigenvalue weighted by Crippen LogP contribution is 2.61. The highest BCUT2D eigenvalue weighted by Gasteiger charge is 2.74. The van der Waals surface area contributed by atoms with Gasteiger partial charge in [0.15, 0.2) is 0 Å². The topological polar surface area (TPSA) is 79.0 Å². The van der Waals surface area contributed by atoms with Crippen molar-refractivity contribution in [1.29, 1.82) is 0 Å². The molecule has 3 amide bonds. The van der Waals surface area contributed by atoms with Crippen molar-refractivity contribution >= 4 is 40.7 Å². The Bertz CT molecular complexity index is 1220. The average molecular weight is 456 g/mol. The molecule has 7 nitrogen and oxygen atoms in total. The third-order valence-corrected chi connectivity index (χ3v) is 7.57. The molecule has 2 aromatic rings. The van der Waals surface area contributed by atoms with Crippen LogP contribution in [0.15, 0.2) is 36.4 Å². The predicted octanol–water partition coefficient (Wildman–Crippen LogP) is 2.92. The van der Waals surface area contributed by atoms with Gasteiger partial charge in [-0.3, -0.25) is 19.3 Å². The van der Waals surface area contributed by atoms with Gasteiger partial charge in [0.2, 0.25) is 17.7 Å². The number of imide groups is 1. The van der Waals surface area contributed by atoms with E-state index in [1.165, 1.54) is 31.4 Å². The Balaban J connectivity index is 1.57. The van der Waals surface area contributed by atoms with E-state index in [-0.39, 0.29) is 17.6 Å². The van der Waals surface area contributed by atoms with E-state index in [1.807, 2.05) is 4.90 Å². The van der Waals surface area contributed by atoms with Crippen LogP contribution < -0.4 is 15.0 Å². The Hall–Kier alpha value is -2.97. The number of ether oxygens (including phenoxy) is 1. The molecule has 6 rings (SSSR count). The molecule has 0 aromatic heterocycles. The number of rotatable bonds is 2. The van der Waals surface area contributed by atoms with Crippen molar-refractivity contribution in [2.75, 3.05) is 23.9 Å². The molecule has 3 saturated heterocycles. The van der Waals surface area contributed by atoms with Crippen LogP contribution in [0.4, 0.5) is 15.8 Å². The lowest BCUT2D eigenvalue weighted by atomic mass is 9.75. The van der Waals surface area contributed by atoms with Gasteiger partial charge in [-0.2, -0.15) is 0 Å². The second kappa shape index (κ2) is 6.52. The molecule has 1 N–H and O–H groups in total. The molecule has 164 valence electrons. The molecule has 0 unspecified atom stereocenters. The van der Waals surface area contributed by atoms with Gasteiger partial charge in [-0.1, -0.05) is 11.6 Å². The maximum atomic E-state index is 14.3. The third-order valence-electron chi connectivity index (χ3n) is 7.34. The van der Waals surface area contributed by atoms with Crippen molar-refractivity contribution in [2.45, 2.75) is 24.4 Å². The van der Waals surface area contributed by atoms with E-state index in [0.717, 1.165) is 11.3 Å². The number of hydrogen-bond donors (Lipinski definition) is 1. The number of fused-ring (bicyclic) bond motifs is 7. The number of carbonyl (C=O) groups excluding carboxylic acids is 3. The van der Waals surface area contributed by atoms with Crippen LogP contribution in [0.5, 0.6) is 5.75 Å². The molecule has 3 fully saturated rings. The van der Waals surface area contributed by atoms with Gasteiger partial charge in [0, 0.05) is 22.3 Å². The van der Waals surface area contributed by atoms with Gasteiger partial charge < -0.3 is 10.1 Å². The summed E-state index contributed by atoms with van der Waals surface area (Å²) in [4.78, 5) is 44.2. The number of anilines is 2. The monoisotopic (exact) mass is 455 g/mol. The summed E-state index contributed by atoms with van der Waals surface area (Å²) in [6.45, 7) is 0.558. The van der Waals surface area contributed by atoms with Gasteiger partial charge >= 0.3 is 0 Å². The van der Waals surface area contributed by atoms with Crippen molar-refractivity contribution in [3.05, 3.63) is 52.8 Å². The Labute approximate surface area is 188 Å². The van der Waals surface area contributed by atoms with Crippen LogP contribution in [-0.2, 0) is 19.9 Å². The lowest BCUT2D eigenvalue weighted by Crippen LogP contribution is -2.54. The largest absolute Gasteiger partial charge is 0.495 e. The van der Waals surface area contributed by atoms with Crippen LogP contribution in [-0.4, -0.2) is 42.3 Å². The van der Waals surface area contributed by atoms with E-state index in [2.05, 4.69) is 5.32 Å². The minimum atomic E-state index is -1.42. The number of nitrogens with one attached hydrogen (secondary N) is 1. The summed E-state index contributed by atoms with van der Waals surface area (Å²) in [5, 5.41) is 3.18. The van der Waals surface area contributed by atoms with Crippen LogP contribution in [0.25, 0.3) is 0 Å². The number of nitrogens with zero attached hydrogens (tertiary/aromatic N) is 2. The molecule has 0 saturated carbocycles. The zero-order valence-electron chi connectivity index (χ0n) is 17.1. The number of amides is 3. The Morgan fingerprint density at radius 2 is 1.97 bits per heavy atom. The number of benzene rings is 2. The number of carbonyl (C=O) groups is 3. The fourth-order valence-corrected chi connectivity index (χ4v) is 6.42. The standard InChI is InChI=1S/C23H19ClFN3O4/c1-32-17-7-4-11(24)9-16(17)28-20(29)18-15-3-2-8-27(15)23(19(18)21(28)30)13-10-12(25)5-6-14(13)26-22(23)31/h4-7,9-10,15,18-19H,2-3,8H2,1H3,(H,26,31)/t15-,18+,19+,23-/m1/s1. The highest BCUT2D eigenvalue weighted by molar-refractivity contribution is 6.32. The van der Waals surface area contributed by atoms with E-state index in [0.29, 0.717) is 35.0 Å². The van der Waals surface area contributed by atoms with Gasteiger partial charge in [-0.05, 0) is 55.8 Å². The van der Waals surface area contributed by atoms with Crippen molar-refractivity contribution in [1.82, 2.24) is 4.90 Å². The first kappa shape index (κ1) is 19.7. The quantitative estimate of drug-likeness (QED) is 0.704. The molecule has 1 spiro atoms. The van der Waals surface area contributed by atoms with Crippen LogP contribution in [0.1, 0.15) is 18.4 Å². The van der Waals surface area contributed by atoms with Crippen LogP contribution in [0, 0.1) is 17.7 Å². The molecule has 0 aliphatic carbocycles. The van der Waals surface area contributed by atoms with Crippen molar-refractivity contribution in [3.8, 4) is 5.75 Å². The summed E-state index contributed by atoms with van der Waals surface area (Å²) in [5.41, 5.74) is -0.275. The molecular formula is C23H19ClFN3O4. The smallest absolute Gasteiger partial charge is 0.250 e. The molecule has 9 heteroatoms. The average Bonchev–Trinajstić information content (AvgIpc) is 3.46. The molecule has 4 aliphatic heterocycles. The van der Waals surface area contributed by atoms with Crippen molar-refractivity contribution in [3.63, 3.8) is 0 Å². The summed E-state index contributed by atoms with van der Waals surface area (Å²) < 4.78 is 19.7. The van der Waals surface area contributed by atoms with E-state index in [9.17, 15) is 18.8 Å². The first-order chi connectivity index (χ1) is 15.4. The lowest BCUT2D eigenvalue weighted by molar-refractivity contribution is -0.135. The van der Waals surface area contributed by atoms with E-state index in [1.54, 1.807) is 12.1 Å². The minimum Gasteiger partial charge on any atom is -0.495 e. The van der Waals surface area contributed by atoms with Gasteiger partial charge in [0.05, 0.1) is 24.6 Å². The fraction of sp³-hybridized carbons (Fsp3) is 0.348. The Kier molecular flexibility index (Phi) is 4.02. The summed E-state index contributed by atoms with van der Waals surface area (Å²) in [5.74, 6) is -3.12. The molecule has 4 atom stereocenters. The second-order valence-corrected chi connectivity index (χ2v) is 9.08. The van der Waals surface area contributed by atoms with Crippen molar-refractivity contribution in [2.24, 2.45) is 11.8 Å². The number of halogens is 2. The maximum Gasteiger partial charge on any atom is 0.250 e. The summed E-state index contributed by atoms with van der Waals surface area (Å²) in [7, 11) is 1.45. The van der Waals surface area contributed by atoms with Gasteiger partial charge in [-0.25, -0.2) is 9.29 Å². The molecular weight excluding hydrogens is 437 g/mol. The Morgan fingerprint density at radius 3 is 2.75 bits per heavy atom. The summed E-state index contributed by atoms with van der Waals surface area (Å²) in [6.07, 6.45) is 1.47.